The first-order valence-corrected chi connectivity index (χ1v) is 31.0. The highest BCUT2D eigenvalue weighted by atomic mass is 16.6. The van der Waals surface area contributed by atoms with E-state index < -0.39 is 6.10 Å². The van der Waals surface area contributed by atoms with Crippen LogP contribution in [0.15, 0.2) is 36.5 Å². The van der Waals surface area contributed by atoms with Crippen LogP contribution in [0.5, 0.6) is 0 Å². The Morgan fingerprint density at radius 2 is 0.471 bits per heavy atom. The summed E-state index contributed by atoms with van der Waals surface area (Å²) in [4.78, 5) is 38.2. The zero-order chi connectivity index (χ0) is 50.7. The molecule has 6 nitrogen and oxygen atoms in total. The fourth-order valence-corrected chi connectivity index (χ4v) is 9.13. The van der Waals surface area contributed by atoms with Crippen molar-refractivity contribution in [1.29, 1.82) is 0 Å². The van der Waals surface area contributed by atoms with E-state index in [9.17, 15) is 14.4 Å². The van der Waals surface area contributed by atoms with E-state index in [1.54, 1.807) is 0 Å². The standard InChI is InChI=1S/C64H118O6/c1-4-7-10-13-16-19-22-25-28-29-30-31-32-33-34-35-37-39-42-45-48-51-54-57-63(66)69-60-61(59-68-62(65)56-53-50-47-44-41-38-27-24-21-18-15-12-9-6-3)70-64(67)58-55-52-49-46-43-40-36-26-23-20-17-14-11-8-5-2/h24,26-27,29-30,36,61H,4-23,25,28,31-35,37-60H2,1-3H3/b27-24-,30-29-,36-26-. The van der Waals surface area contributed by atoms with E-state index in [1.165, 1.54) is 225 Å². The van der Waals surface area contributed by atoms with Crippen molar-refractivity contribution >= 4 is 17.9 Å². The van der Waals surface area contributed by atoms with Gasteiger partial charge in [-0.3, -0.25) is 14.4 Å². The molecule has 0 aromatic rings. The Kier molecular flexibility index (Phi) is 57.2. The van der Waals surface area contributed by atoms with E-state index in [0.717, 1.165) is 70.6 Å². The van der Waals surface area contributed by atoms with Crippen LogP contribution in [0.1, 0.15) is 335 Å². The predicted octanol–water partition coefficient (Wildman–Crippen LogP) is 20.8. The summed E-state index contributed by atoms with van der Waals surface area (Å²) in [5.74, 6) is -0.875. The number of carbonyl (C=O) groups is 3. The second kappa shape index (κ2) is 59.2. The number of rotatable bonds is 57. The molecule has 0 saturated carbocycles. The smallest absolute Gasteiger partial charge is 0.306 e. The second-order valence-corrected chi connectivity index (χ2v) is 21.0. The van der Waals surface area contributed by atoms with Gasteiger partial charge in [-0.05, 0) is 96.3 Å². The topological polar surface area (TPSA) is 78.9 Å². The summed E-state index contributed by atoms with van der Waals surface area (Å²) >= 11 is 0. The van der Waals surface area contributed by atoms with E-state index in [4.69, 9.17) is 14.2 Å². The molecule has 410 valence electrons. The van der Waals surface area contributed by atoms with Crippen LogP contribution in [0.3, 0.4) is 0 Å². The van der Waals surface area contributed by atoms with Crippen LogP contribution in [0.2, 0.25) is 0 Å². The fourth-order valence-electron chi connectivity index (χ4n) is 9.13. The van der Waals surface area contributed by atoms with E-state index in [1.807, 2.05) is 0 Å². The van der Waals surface area contributed by atoms with Crippen molar-refractivity contribution in [3.8, 4) is 0 Å². The summed E-state index contributed by atoms with van der Waals surface area (Å²) in [6.45, 7) is 6.66. The van der Waals surface area contributed by atoms with Crippen molar-refractivity contribution in [2.75, 3.05) is 13.2 Å². The zero-order valence-electron chi connectivity index (χ0n) is 47.1. The molecule has 1 atom stereocenters. The van der Waals surface area contributed by atoms with Gasteiger partial charge in [0.25, 0.3) is 0 Å². The summed E-state index contributed by atoms with van der Waals surface area (Å²) in [5.41, 5.74) is 0. The molecule has 0 spiro atoms. The minimum atomic E-state index is -0.779. The first-order chi connectivity index (χ1) is 34.5. The maximum atomic E-state index is 12.9. The third-order valence-corrected chi connectivity index (χ3v) is 13.8. The minimum absolute atomic E-state index is 0.0758. The summed E-state index contributed by atoms with van der Waals surface area (Å²) in [6, 6.07) is 0. The minimum Gasteiger partial charge on any atom is -0.462 e. The lowest BCUT2D eigenvalue weighted by atomic mass is 10.0. The molecule has 0 aliphatic heterocycles. The molecule has 0 N–H and O–H groups in total. The molecule has 0 fully saturated rings. The molecule has 1 unspecified atom stereocenters. The quantitative estimate of drug-likeness (QED) is 0.0261. The first-order valence-electron chi connectivity index (χ1n) is 31.0. The Morgan fingerprint density at radius 3 is 0.714 bits per heavy atom. The number of hydrogen-bond donors (Lipinski definition) is 0. The van der Waals surface area contributed by atoms with Crippen molar-refractivity contribution in [1.82, 2.24) is 0 Å². The van der Waals surface area contributed by atoms with Crippen LogP contribution in [0, 0.1) is 0 Å². The van der Waals surface area contributed by atoms with Crippen molar-refractivity contribution in [3.05, 3.63) is 36.5 Å². The maximum Gasteiger partial charge on any atom is 0.306 e. The Hall–Kier alpha value is -2.37. The first kappa shape index (κ1) is 67.6. The van der Waals surface area contributed by atoms with Gasteiger partial charge in [-0.2, -0.15) is 0 Å². The molecule has 0 saturated heterocycles. The Morgan fingerprint density at radius 1 is 0.271 bits per heavy atom. The van der Waals surface area contributed by atoms with Crippen LogP contribution in [0.4, 0.5) is 0 Å². The predicted molar refractivity (Wildman–Crippen MR) is 302 cm³/mol. The van der Waals surface area contributed by atoms with E-state index in [2.05, 4.69) is 57.2 Å². The van der Waals surface area contributed by atoms with E-state index >= 15 is 0 Å². The van der Waals surface area contributed by atoms with Crippen molar-refractivity contribution in [3.63, 3.8) is 0 Å². The van der Waals surface area contributed by atoms with Crippen LogP contribution in [0.25, 0.3) is 0 Å². The molecule has 6 heteroatoms. The molecular weight excluding hydrogens is 865 g/mol. The van der Waals surface area contributed by atoms with Crippen LogP contribution >= 0.6 is 0 Å². The molecule has 0 rings (SSSR count). The van der Waals surface area contributed by atoms with Crippen molar-refractivity contribution < 1.29 is 28.6 Å². The molecule has 0 radical (unpaired) electrons. The maximum absolute atomic E-state index is 12.9. The number of ether oxygens (including phenoxy) is 3. The zero-order valence-corrected chi connectivity index (χ0v) is 47.1. The van der Waals surface area contributed by atoms with Gasteiger partial charge < -0.3 is 14.2 Å². The highest BCUT2D eigenvalue weighted by molar-refractivity contribution is 5.71. The lowest BCUT2D eigenvalue weighted by Gasteiger charge is -2.18. The van der Waals surface area contributed by atoms with Gasteiger partial charge in [0, 0.05) is 19.3 Å². The molecule has 70 heavy (non-hydrogen) atoms. The van der Waals surface area contributed by atoms with Crippen molar-refractivity contribution in [2.24, 2.45) is 0 Å². The molecule has 0 aliphatic rings. The fraction of sp³-hybridized carbons (Fsp3) is 0.859. The van der Waals surface area contributed by atoms with Crippen molar-refractivity contribution in [2.45, 2.75) is 341 Å². The molecule has 0 aromatic heterocycles. The highest BCUT2D eigenvalue weighted by Crippen LogP contribution is 2.16. The van der Waals surface area contributed by atoms with Gasteiger partial charge in [0.05, 0.1) is 0 Å². The largest absolute Gasteiger partial charge is 0.462 e. The Bertz CT molecular complexity index is 1170. The second-order valence-electron chi connectivity index (χ2n) is 21.0. The molecule has 0 heterocycles. The number of esters is 3. The lowest BCUT2D eigenvalue weighted by Crippen LogP contribution is -2.30. The summed E-state index contributed by atoms with van der Waals surface area (Å²) < 4.78 is 16.9. The molecule has 0 aliphatic carbocycles. The normalized spacial score (nSPS) is 12.2. The third kappa shape index (κ3) is 56.5. The van der Waals surface area contributed by atoms with Gasteiger partial charge in [0.2, 0.25) is 0 Å². The van der Waals surface area contributed by atoms with E-state index in [0.29, 0.717) is 19.3 Å². The van der Waals surface area contributed by atoms with Crippen LogP contribution in [-0.4, -0.2) is 37.2 Å². The Labute approximate surface area is 435 Å². The Balaban J connectivity index is 4.29. The van der Waals surface area contributed by atoms with Gasteiger partial charge in [-0.1, -0.05) is 256 Å². The average Bonchev–Trinajstić information content (AvgIpc) is 3.36. The summed E-state index contributed by atoms with van der Waals surface area (Å²) in [7, 11) is 0. The summed E-state index contributed by atoms with van der Waals surface area (Å²) in [6.07, 6.45) is 71.5. The SMILES string of the molecule is CCCCCCC/C=C\CCCCCCCC(=O)OCC(COC(=O)CCCCCCCCCCCCC/C=C\CCCCCCCCCC)OC(=O)CCCCCCC/C=C\CCCCCCCC. The molecule has 0 aromatic carbocycles. The molecule has 0 bridgehead atoms. The third-order valence-electron chi connectivity index (χ3n) is 13.8. The molecule has 0 amide bonds. The number of allylic oxidation sites excluding steroid dienone is 6. The van der Waals surface area contributed by atoms with Gasteiger partial charge in [-0.15, -0.1) is 0 Å². The summed E-state index contributed by atoms with van der Waals surface area (Å²) in [5, 5.41) is 0. The van der Waals surface area contributed by atoms with Crippen LogP contribution in [-0.2, 0) is 28.6 Å². The van der Waals surface area contributed by atoms with Crippen LogP contribution < -0.4 is 0 Å². The number of hydrogen-bond acceptors (Lipinski definition) is 6. The van der Waals surface area contributed by atoms with E-state index in [-0.39, 0.29) is 31.1 Å². The highest BCUT2D eigenvalue weighted by Gasteiger charge is 2.19. The van der Waals surface area contributed by atoms with Gasteiger partial charge in [-0.25, -0.2) is 0 Å². The lowest BCUT2D eigenvalue weighted by molar-refractivity contribution is -0.167. The number of carbonyl (C=O) groups excluding carboxylic acids is 3. The molecular formula is C64H118O6. The van der Waals surface area contributed by atoms with Gasteiger partial charge in [0.1, 0.15) is 13.2 Å². The average molecular weight is 984 g/mol. The van der Waals surface area contributed by atoms with Gasteiger partial charge >= 0.3 is 17.9 Å². The number of unbranched alkanes of at least 4 members (excludes halogenated alkanes) is 40. The van der Waals surface area contributed by atoms with Gasteiger partial charge in [0.15, 0.2) is 6.10 Å². The monoisotopic (exact) mass is 983 g/mol.